The molecule has 2 aromatic carbocycles. The van der Waals surface area contributed by atoms with E-state index in [1.54, 1.807) is 24.3 Å². The molecule has 3 aromatic rings. The average Bonchev–Trinajstić information content (AvgIpc) is 3.06. The van der Waals surface area contributed by atoms with Gasteiger partial charge in [-0.15, -0.1) is 11.3 Å². The average molecular weight is 338 g/mol. The SMILES string of the molecule is CC(=O)c1nc(-c2ccc(NC(=O)c3ccc(O)cc3)cc2)cs1. The van der Waals surface area contributed by atoms with Crippen molar-refractivity contribution in [3.63, 3.8) is 0 Å². The molecule has 1 amide bonds. The lowest BCUT2D eigenvalue weighted by atomic mass is 10.1. The van der Waals surface area contributed by atoms with E-state index in [4.69, 9.17) is 0 Å². The number of ketones is 1. The number of phenols is 1. The third kappa shape index (κ3) is 3.49. The fourth-order valence-electron chi connectivity index (χ4n) is 2.11. The van der Waals surface area contributed by atoms with Gasteiger partial charge in [-0.3, -0.25) is 9.59 Å². The van der Waals surface area contributed by atoms with Gasteiger partial charge in [-0.2, -0.15) is 0 Å². The number of hydrogen-bond donors (Lipinski definition) is 2. The number of phenolic OH excluding ortho intramolecular Hbond substituents is 1. The lowest BCUT2D eigenvalue weighted by Crippen LogP contribution is -2.11. The van der Waals surface area contributed by atoms with Crippen LogP contribution in [0.15, 0.2) is 53.9 Å². The van der Waals surface area contributed by atoms with Gasteiger partial charge in [0.05, 0.1) is 5.69 Å². The lowest BCUT2D eigenvalue weighted by molar-refractivity contribution is 0.101. The maximum absolute atomic E-state index is 12.1. The summed E-state index contributed by atoms with van der Waals surface area (Å²) in [6.45, 7) is 1.49. The molecular weight excluding hydrogens is 324 g/mol. The topological polar surface area (TPSA) is 79.3 Å². The van der Waals surface area contributed by atoms with Gasteiger partial charge in [0.15, 0.2) is 10.8 Å². The number of amides is 1. The van der Waals surface area contributed by atoms with Gasteiger partial charge in [-0.25, -0.2) is 4.98 Å². The summed E-state index contributed by atoms with van der Waals surface area (Å²) in [4.78, 5) is 27.7. The van der Waals surface area contributed by atoms with Crippen molar-refractivity contribution in [2.24, 2.45) is 0 Å². The van der Waals surface area contributed by atoms with Crippen LogP contribution in [0.3, 0.4) is 0 Å². The molecule has 0 aliphatic carbocycles. The van der Waals surface area contributed by atoms with Crippen LogP contribution in [0, 0.1) is 0 Å². The molecule has 0 spiro atoms. The van der Waals surface area contributed by atoms with Crippen LogP contribution in [0.25, 0.3) is 11.3 Å². The van der Waals surface area contributed by atoms with E-state index in [9.17, 15) is 14.7 Å². The summed E-state index contributed by atoms with van der Waals surface area (Å²) >= 11 is 1.31. The van der Waals surface area contributed by atoms with Crippen molar-refractivity contribution in [3.8, 4) is 17.0 Å². The van der Waals surface area contributed by atoms with Crippen LogP contribution >= 0.6 is 11.3 Å². The number of anilines is 1. The molecule has 5 nitrogen and oxygen atoms in total. The van der Waals surface area contributed by atoms with Gasteiger partial charge in [0, 0.05) is 29.1 Å². The molecule has 0 unspecified atom stereocenters. The number of Topliss-reactive ketones (excluding diaryl/α,β-unsaturated/α-hetero) is 1. The standard InChI is InChI=1S/C18H14N2O3S/c1-11(21)18-20-16(10-24-18)12-2-6-14(7-3-12)19-17(23)13-4-8-15(22)9-5-13/h2-10,22H,1H3,(H,19,23). The molecule has 0 fully saturated rings. The Hall–Kier alpha value is -2.99. The summed E-state index contributed by atoms with van der Waals surface area (Å²) in [6, 6.07) is 13.3. The Kier molecular flexibility index (Phi) is 4.39. The van der Waals surface area contributed by atoms with Crippen molar-refractivity contribution in [1.82, 2.24) is 4.98 Å². The Morgan fingerprint density at radius 3 is 2.29 bits per heavy atom. The molecule has 3 rings (SSSR count). The summed E-state index contributed by atoms with van der Waals surface area (Å²) in [5, 5.41) is 14.3. The number of rotatable bonds is 4. The van der Waals surface area contributed by atoms with Crippen molar-refractivity contribution >= 4 is 28.7 Å². The molecule has 0 aliphatic heterocycles. The predicted octanol–water partition coefficient (Wildman–Crippen LogP) is 3.97. The molecule has 1 heterocycles. The second-order valence-electron chi connectivity index (χ2n) is 5.17. The molecule has 2 N–H and O–H groups in total. The minimum atomic E-state index is -0.254. The van der Waals surface area contributed by atoms with Crippen molar-refractivity contribution in [1.29, 1.82) is 0 Å². The number of hydrogen-bond acceptors (Lipinski definition) is 5. The monoisotopic (exact) mass is 338 g/mol. The molecule has 1 aromatic heterocycles. The number of thiazole rings is 1. The van der Waals surface area contributed by atoms with Crippen LogP contribution in [0.5, 0.6) is 5.75 Å². The van der Waals surface area contributed by atoms with Gasteiger partial charge in [-0.05, 0) is 36.4 Å². The zero-order valence-electron chi connectivity index (χ0n) is 12.8. The van der Waals surface area contributed by atoms with Gasteiger partial charge in [0.1, 0.15) is 5.75 Å². The number of benzene rings is 2. The predicted molar refractivity (Wildman–Crippen MR) is 93.6 cm³/mol. The van der Waals surface area contributed by atoms with E-state index in [-0.39, 0.29) is 17.4 Å². The number of carbonyl (C=O) groups excluding carboxylic acids is 2. The van der Waals surface area contributed by atoms with Crippen LogP contribution in [0.4, 0.5) is 5.69 Å². The maximum Gasteiger partial charge on any atom is 0.255 e. The quantitative estimate of drug-likeness (QED) is 0.706. The van der Waals surface area contributed by atoms with Crippen LogP contribution in [-0.4, -0.2) is 21.8 Å². The first kappa shape index (κ1) is 15.9. The number of aromatic nitrogens is 1. The smallest absolute Gasteiger partial charge is 0.255 e. The summed E-state index contributed by atoms with van der Waals surface area (Å²) in [5.41, 5.74) is 2.73. The van der Waals surface area contributed by atoms with Crippen molar-refractivity contribution in [2.75, 3.05) is 5.32 Å². The highest BCUT2D eigenvalue weighted by atomic mass is 32.1. The summed E-state index contributed by atoms with van der Waals surface area (Å²) < 4.78 is 0. The van der Waals surface area contributed by atoms with Crippen molar-refractivity contribution in [2.45, 2.75) is 6.92 Å². The van der Waals surface area contributed by atoms with Gasteiger partial charge < -0.3 is 10.4 Å². The molecular formula is C18H14N2O3S. The third-order valence-corrected chi connectivity index (χ3v) is 4.32. The van der Waals surface area contributed by atoms with E-state index < -0.39 is 0 Å². The number of carbonyl (C=O) groups is 2. The molecule has 6 heteroatoms. The largest absolute Gasteiger partial charge is 0.508 e. The number of nitrogens with one attached hydrogen (secondary N) is 1. The highest BCUT2D eigenvalue weighted by molar-refractivity contribution is 7.12. The van der Waals surface area contributed by atoms with Gasteiger partial charge in [0.2, 0.25) is 0 Å². The molecule has 0 saturated heterocycles. The van der Waals surface area contributed by atoms with E-state index in [1.165, 1.54) is 30.4 Å². The van der Waals surface area contributed by atoms with Gasteiger partial charge >= 0.3 is 0 Å². The third-order valence-electron chi connectivity index (χ3n) is 3.37. The highest BCUT2D eigenvalue weighted by Gasteiger charge is 2.09. The Morgan fingerprint density at radius 2 is 1.71 bits per heavy atom. The minimum absolute atomic E-state index is 0.0518. The van der Waals surface area contributed by atoms with E-state index in [2.05, 4.69) is 10.3 Å². The lowest BCUT2D eigenvalue weighted by Gasteiger charge is -2.06. The Labute approximate surface area is 142 Å². The second kappa shape index (κ2) is 6.64. The summed E-state index contributed by atoms with van der Waals surface area (Å²) in [6.07, 6.45) is 0. The molecule has 0 atom stereocenters. The Morgan fingerprint density at radius 1 is 1.04 bits per heavy atom. The fraction of sp³-hybridized carbons (Fsp3) is 0.0556. The molecule has 24 heavy (non-hydrogen) atoms. The highest BCUT2D eigenvalue weighted by Crippen LogP contribution is 2.24. The Balaban J connectivity index is 1.73. The molecule has 0 saturated carbocycles. The zero-order valence-corrected chi connectivity index (χ0v) is 13.6. The Bertz CT molecular complexity index is 883. The van der Waals surface area contributed by atoms with E-state index in [0.29, 0.717) is 16.3 Å². The first-order chi connectivity index (χ1) is 11.5. The number of nitrogens with zero attached hydrogens (tertiary/aromatic N) is 1. The molecule has 0 radical (unpaired) electrons. The normalized spacial score (nSPS) is 10.4. The summed E-state index contributed by atoms with van der Waals surface area (Å²) in [5.74, 6) is -0.191. The van der Waals surface area contributed by atoms with Crippen LogP contribution in [0.2, 0.25) is 0 Å². The van der Waals surface area contributed by atoms with Gasteiger partial charge in [-0.1, -0.05) is 12.1 Å². The second-order valence-corrected chi connectivity index (χ2v) is 6.03. The maximum atomic E-state index is 12.1. The van der Waals surface area contributed by atoms with Crippen LogP contribution < -0.4 is 5.32 Å². The van der Waals surface area contributed by atoms with Gasteiger partial charge in [0.25, 0.3) is 5.91 Å². The van der Waals surface area contributed by atoms with E-state index in [1.807, 2.05) is 17.5 Å². The zero-order chi connectivity index (χ0) is 17.1. The number of aromatic hydroxyl groups is 1. The molecule has 0 bridgehead atoms. The molecule has 0 aliphatic rings. The fourth-order valence-corrected chi connectivity index (χ4v) is 2.84. The molecule has 120 valence electrons. The first-order valence-corrected chi connectivity index (χ1v) is 8.08. The van der Waals surface area contributed by atoms with Crippen molar-refractivity contribution in [3.05, 3.63) is 64.5 Å². The van der Waals surface area contributed by atoms with Crippen LogP contribution in [-0.2, 0) is 0 Å². The minimum Gasteiger partial charge on any atom is -0.508 e. The van der Waals surface area contributed by atoms with E-state index in [0.717, 1.165) is 11.3 Å². The van der Waals surface area contributed by atoms with Crippen molar-refractivity contribution < 1.29 is 14.7 Å². The summed E-state index contributed by atoms with van der Waals surface area (Å²) in [7, 11) is 0. The first-order valence-electron chi connectivity index (χ1n) is 7.20. The van der Waals surface area contributed by atoms with E-state index >= 15 is 0 Å². The van der Waals surface area contributed by atoms with Crippen LogP contribution in [0.1, 0.15) is 27.1 Å².